The topological polar surface area (TPSA) is 119 Å². The number of hydrogen-bond donors (Lipinski definition) is 3. The fraction of sp³-hybridized carbons (Fsp3) is 0. The van der Waals surface area contributed by atoms with Crippen LogP contribution < -0.4 is 11.5 Å². The van der Waals surface area contributed by atoms with Crippen molar-refractivity contribution in [2.75, 3.05) is 0 Å². The molecule has 0 aliphatic heterocycles. The summed E-state index contributed by atoms with van der Waals surface area (Å²) in [5.41, 5.74) is 11.7. The summed E-state index contributed by atoms with van der Waals surface area (Å²) in [7, 11) is 0. The number of nitrogens with one attached hydrogen (secondary N) is 1. The van der Waals surface area contributed by atoms with Gasteiger partial charge in [-0.3, -0.25) is 5.41 Å². The van der Waals surface area contributed by atoms with Gasteiger partial charge in [-0.2, -0.15) is 9.67 Å². The number of aliphatic imine (C=N–C) groups is 1. The summed E-state index contributed by atoms with van der Waals surface area (Å²) < 4.78 is 1.26. The minimum absolute atomic E-state index is 0.163. The molecule has 0 saturated heterocycles. The first-order valence-electron chi connectivity index (χ1n) is 4.17. The molecule has 0 saturated carbocycles. The summed E-state index contributed by atoms with van der Waals surface area (Å²) in [5.74, 6) is -0.344. The van der Waals surface area contributed by atoms with Crippen LogP contribution in [0.2, 0.25) is 0 Å². The van der Waals surface area contributed by atoms with E-state index in [1.165, 1.54) is 4.68 Å². The molecule has 0 aliphatic carbocycles. The lowest BCUT2D eigenvalue weighted by atomic mass is 10.3. The Morgan fingerprint density at radius 3 is 2.80 bits per heavy atom. The fourth-order valence-electron chi connectivity index (χ4n) is 1.20. The van der Waals surface area contributed by atoms with Crippen molar-refractivity contribution in [1.82, 2.24) is 15.0 Å². The van der Waals surface area contributed by atoms with Crippen LogP contribution in [0, 0.1) is 5.41 Å². The van der Waals surface area contributed by atoms with Crippen LogP contribution in [0.15, 0.2) is 29.3 Å². The van der Waals surface area contributed by atoms with Gasteiger partial charge in [-0.05, 0) is 12.1 Å². The number of para-hydroxylation sites is 1. The smallest absolute Gasteiger partial charge is 0.248 e. The Bertz CT molecular complexity index is 535. The molecular weight excluding hydrogens is 194 g/mol. The van der Waals surface area contributed by atoms with E-state index in [-0.39, 0.29) is 11.9 Å². The number of guanidine groups is 1. The molecule has 1 aromatic heterocycles. The molecule has 0 amide bonds. The van der Waals surface area contributed by atoms with Gasteiger partial charge in [0.1, 0.15) is 5.52 Å². The number of nitrogens with two attached hydrogens (primary N) is 2. The minimum atomic E-state index is -0.181. The Hall–Kier alpha value is -2.44. The van der Waals surface area contributed by atoms with E-state index < -0.39 is 0 Å². The maximum atomic E-state index is 7.57. The van der Waals surface area contributed by atoms with Gasteiger partial charge in [0.25, 0.3) is 0 Å². The first-order valence-corrected chi connectivity index (χ1v) is 4.17. The maximum Gasteiger partial charge on any atom is 0.248 e. The molecule has 0 fully saturated rings. The standard InChI is InChI=1S/C8H9N7/c9-7(10)12-8(11)15-6-4-2-1-3-5(6)13-14-15/h1-4H,(H5,9,10,11,12). The highest BCUT2D eigenvalue weighted by Crippen LogP contribution is 2.09. The number of rotatable bonds is 0. The van der Waals surface area contributed by atoms with Crippen molar-refractivity contribution in [3.63, 3.8) is 0 Å². The molecule has 15 heavy (non-hydrogen) atoms. The van der Waals surface area contributed by atoms with Gasteiger partial charge in [-0.25, -0.2) is 0 Å². The predicted octanol–water partition coefficient (Wildman–Crippen LogP) is -0.512. The third-order valence-corrected chi connectivity index (χ3v) is 1.79. The number of nitrogens with zero attached hydrogens (tertiary/aromatic N) is 4. The van der Waals surface area contributed by atoms with E-state index in [1.807, 2.05) is 12.1 Å². The molecule has 0 spiro atoms. The second-order valence-electron chi connectivity index (χ2n) is 2.85. The van der Waals surface area contributed by atoms with Crippen molar-refractivity contribution in [2.24, 2.45) is 16.5 Å². The Morgan fingerprint density at radius 2 is 2.07 bits per heavy atom. The average Bonchev–Trinajstić information content (AvgIpc) is 2.59. The lowest BCUT2D eigenvalue weighted by Crippen LogP contribution is -2.26. The molecule has 1 heterocycles. The number of hydrogen-bond acceptors (Lipinski definition) is 3. The van der Waals surface area contributed by atoms with Crippen LogP contribution in [-0.4, -0.2) is 26.9 Å². The molecule has 76 valence electrons. The Labute approximate surface area is 84.9 Å². The molecule has 0 radical (unpaired) electrons. The van der Waals surface area contributed by atoms with Crippen molar-refractivity contribution in [2.45, 2.75) is 0 Å². The van der Waals surface area contributed by atoms with Gasteiger partial charge in [-0.1, -0.05) is 17.3 Å². The van der Waals surface area contributed by atoms with E-state index in [0.717, 1.165) is 0 Å². The van der Waals surface area contributed by atoms with Gasteiger partial charge in [-0.15, -0.1) is 5.10 Å². The highest BCUT2D eigenvalue weighted by atomic mass is 15.5. The van der Waals surface area contributed by atoms with Gasteiger partial charge in [0, 0.05) is 0 Å². The first kappa shape index (κ1) is 9.13. The van der Waals surface area contributed by atoms with Crippen LogP contribution in [0.1, 0.15) is 0 Å². The lowest BCUT2D eigenvalue weighted by Gasteiger charge is -1.98. The molecule has 7 heteroatoms. The summed E-state index contributed by atoms with van der Waals surface area (Å²) in [6, 6.07) is 7.24. The molecule has 2 aromatic rings. The van der Waals surface area contributed by atoms with Crippen molar-refractivity contribution in [3.05, 3.63) is 24.3 Å². The number of fused-ring (bicyclic) bond motifs is 1. The molecule has 5 N–H and O–H groups in total. The largest absolute Gasteiger partial charge is 0.370 e. The molecule has 7 nitrogen and oxygen atoms in total. The SMILES string of the molecule is N=C(N=C(N)N)n1nnc2ccccc21. The minimum Gasteiger partial charge on any atom is -0.370 e. The van der Waals surface area contributed by atoms with E-state index in [9.17, 15) is 0 Å². The highest BCUT2D eigenvalue weighted by Gasteiger charge is 2.06. The summed E-state index contributed by atoms with van der Waals surface area (Å²) >= 11 is 0. The zero-order valence-corrected chi connectivity index (χ0v) is 7.75. The monoisotopic (exact) mass is 203 g/mol. The highest BCUT2D eigenvalue weighted by molar-refractivity contribution is 5.96. The Balaban J connectivity index is 2.53. The van der Waals surface area contributed by atoms with E-state index >= 15 is 0 Å². The zero-order chi connectivity index (χ0) is 10.8. The molecule has 0 bridgehead atoms. The van der Waals surface area contributed by atoms with Crippen LogP contribution in [-0.2, 0) is 0 Å². The Kier molecular flexibility index (Phi) is 2.05. The average molecular weight is 203 g/mol. The number of benzene rings is 1. The molecule has 0 atom stereocenters. The molecular formula is C8H9N7. The molecule has 0 unspecified atom stereocenters. The van der Waals surface area contributed by atoms with Gasteiger partial charge in [0.05, 0.1) is 5.52 Å². The molecule has 1 aromatic carbocycles. The summed E-state index contributed by atoms with van der Waals surface area (Å²) in [4.78, 5) is 3.59. The second kappa shape index (κ2) is 3.37. The van der Waals surface area contributed by atoms with Crippen molar-refractivity contribution in [3.8, 4) is 0 Å². The van der Waals surface area contributed by atoms with Gasteiger partial charge < -0.3 is 11.5 Å². The normalized spacial score (nSPS) is 10.1. The van der Waals surface area contributed by atoms with Crippen LogP contribution >= 0.6 is 0 Å². The van der Waals surface area contributed by atoms with Crippen molar-refractivity contribution >= 4 is 23.0 Å². The molecule has 0 aliphatic rings. The van der Waals surface area contributed by atoms with Crippen molar-refractivity contribution in [1.29, 1.82) is 5.41 Å². The fourth-order valence-corrected chi connectivity index (χ4v) is 1.20. The summed E-state index contributed by atoms with van der Waals surface area (Å²) in [6.07, 6.45) is 0. The summed E-state index contributed by atoms with van der Waals surface area (Å²) in [5, 5.41) is 15.2. The van der Waals surface area contributed by atoms with E-state index in [0.29, 0.717) is 11.0 Å². The number of aromatic nitrogens is 3. The second-order valence-corrected chi connectivity index (χ2v) is 2.85. The van der Waals surface area contributed by atoms with Crippen LogP contribution in [0.25, 0.3) is 11.0 Å². The zero-order valence-electron chi connectivity index (χ0n) is 7.75. The quantitative estimate of drug-likeness (QED) is 0.394. The van der Waals surface area contributed by atoms with E-state index in [2.05, 4.69) is 15.3 Å². The molecule has 2 rings (SSSR count). The van der Waals surface area contributed by atoms with Crippen molar-refractivity contribution < 1.29 is 0 Å². The van der Waals surface area contributed by atoms with Gasteiger partial charge in [0.2, 0.25) is 5.96 Å². The van der Waals surface area contributed by atoms with E-state index in [4.69, 9.17) is 16.9 Å². The van der Waals surface area contributed by atoms with Crippen LogP contribution in [0.3, 0.4) is 0 Å². The summed E-state index contributed by atoms with van der Waals surface area (Å²) in [6.45, 7) is 0. The first-order chi connectivity index (χ1) is 7.18. The van der Waals surface area contributed by atoms with E-state index in [1.54, 1.807) is 12.1 Å². The van der Waals surface area contributed by atoms with Crippen LogP contribution in [0.5, 0.6) is 0 Å². The van der Waals surface area contributed by atoms with Gasteiger partial charge in [0.15, 0.2) is 5.96 Å². The Morgan fingerprint density at radius 1 is 1.33 bits per heavy atom. The maximum absolute atomic E-state index is 7.57. The lowest BCUT2D eigenvalue weighted by molar-refractivity contribution is 0.848. The van der Waals surface area contributed by atoms with Gasteiger partial charge >= 0.3 is 0 Å². The third kappa shape index (κ3) is 1.62. The third-order valence-electron chi connectivity index (χ3n) is 1.79. The van der Waals surface area contributed by atoms with Crippen LogP contribution in [0.4, 0.5) is 0 Å². The predicted molar refractivity (Wildman–Crippen MR) is 56.5 cm³/mol.